The summed E-state index contributed by atoms with van der Waals surface area (Å²) >= 11 is 3.37. The van der Waals surface area contributed by atoms with E-state index in [9.17, 15) is 13.2 Å². The number of rotatable bonds is 10. The van der Waals surface area contributed by atoms with Gasteiger partial charge >= 0.3 is 0 Å². The molecule has 1 saturated heterocycles. The van der Waals surface area contributed by atoms with Crippen molar-refractivity contribution in [2.45, 2.75) is 4.90 Å². The van der Waals surface area contributed by atoms with Crippen molar-refractivity contribution in [2.24, 2.45) is 0 Å². The van der Waals surface area contributed by atoms with Crippen molar-refractivity contribution < 1.29 is 18.0 Å². The van der Waals surface area contributed by atoms with E-state index in [1.54, 1.807) is 60.8 Å². The fourth-order valence-corrected chi connectivity index (χ4v) is 5.95. The second kappa shape index (κ2) is 13.2. The standard InChI is InChI=1S/C30H30BrN5O4S/c31-25-11-13-27(14-12-25)40-36(26-6-2-1-3-7-26)41(38,39)28-15-9-24(10-16-28)30(37)33-18-19-34-20-22-35(23-21-34)29-8-4-5-17-32-29/h1-17H,18-23H2,(H,33,37). The molecule has 3 aromatic carbocycles. The molecule has 1 aromatic heterocycles. The summed E-state index contributed by atoms with van der Waals surface area (Å²) in [4.78, 5) is 27.6. The first kappa shape index (κ1) is 28.6. The van der Waals surface area contributed by atoms with Crippen molar-refractivity contribution >= 4 is 43.4 Å². The van der Waals surface area contributed by atoms with E-state index >= 15 is 0 Å². The third kappa shape index (κ3) is 7.24. The smallest absolute Gasteiger partial charge is 0.295 e. The zero-order valence-electron chi connectivity index (χ0n) is 22.3. The Balaban J connectivity index is 1.18. The molecule has 212 valence electrons. The second-order valence-corrected chi connectivity index (χ2v) is 12.1. The van der Waals surface area contributed by atoms with Crippen molar-refractivity contribution in [2.75, 3.05) is 48.6 Å². The Morgan fingerprint density at radius 3 is 2.22 bits per heavy atom. The molecular weight excluding hydrogens is 606 g/mol. The number of para-hydroxylation sites is 1. The summed E-state index contributed by atoms with van der Waals surface area (Å²) in [5.41, 5.74) is 0.724. The maximum atomic E-state index is 13.6. The molecule has 11 heteroatoms. The maximum absolute atomic E-state index is 13.6. The molecule has 0 aliphatic carbocycles. The minimum absolute atomic E-state index is 0.000733. The summed E-state index contributed by atoms with van der Waals surface area (Å²) in [6.45, 7) is 4.76. The number of hydrogen-bond donors (Lipinski definition) is 1. The van der Waals surface area contributed by atoms with Crippen molar-refractivity contribution in [1.29, 1.82) is 0 Å². The number of benzene rings is 3. The lowest BCUT2D eigenvalue weighted by atomic mass is 10.2. The topological polar surface area (TPSA) is 95.1 Å². The highest BCUT2D eigenvalue weighted by Gasteiger charge is 2.28. The van der Waals surface area contributed by atoms with E-state index in [0.717, 1.165) is 47.5 Å². The molecule has 1 aliphatic rings. The minimum Gasteiger partial charge on any atom is -0.364 e. The summed E-state index contributed by atoms with van der Waals surface area (Å²) in [7, 11) is -4.11. The molecule has 2 heterocycles. The molecule has 4 aromatic rings. The van der Waals surface area contributed by atoms with E-state index in [2.05, 4.69) is 36.0 Å². The average Bonchev–Trinajstić information content (AvgIpc) is 3.02. The van der Waals surface area contributed by atoms with E-state index in [4.69, 9.17) is 4.84 Å². The summed E-state index contributed by atoms with van der Waals surface area (Å²) < 4.78 is 29.0. The Bertz CT molecular complexity index is 1530. The first-order chi connectivity index (χ1) is 19.9. The van der Waals surface area contributed by atoms with Gasteiger partial charge in [0.15, 0.2) is 5.75 Å². The van der Waals surface area contributed by atoms with Crippen LogP contribution in [0.3, 0.4) is 0 Å². The number of carbonyl (C=O) groups is 1. The average molecular weight is 637 g/mol. The van der Waals surface area contributed by atoms with Crippen LogP contribution in [0, 0.1) is 0 Å². The van der Waals surface area contributed by atoms with E-state index in [0.29, 0.717) is 23.5 Å². The van der Waals surface area contributed by atoms with Gasteiger partial charge in [-0.1, -0.05) is 44.7 Å². The van der Waals surface area contributed by atoms with Gasteiger partial charge < -0.3 is 15.1 Å². The highest BCUT2D eigenvalue weighted by Crippen LogP contribution is 2.27. The van der Waals surface area contributed by atoms with Gasteiger partial charge in [0, 0.05) is 55.5 Å². The molecule has 0 bridgehead atoms. The first-order valence-corrected chi connectivity index (χ1v) is 15.4. The van der Waals surface area contributed by atoms with Crippen LogP contribution in [0.2, 0.25) is 0 Å². The van der Waals surface area contributed by atoms with E-state index in [-0.39, 0.29) is 10.8 Å². The number of nitrogens with zero attached hydrogens (tertiary/aromatic N) is 4. The third-order valence-electron chi connectivity index (χ3n) is 6.66. The predicted octanol–water partition coefficient (Wildman–Crippen LogP) is 4.59. The molecule has 0 spiro atoms. The molecule has 0 radical (unpaired) electrons. The Morgan fingerprint density at radius 1 is 0.878 bits per heavy atom. The van der Waals surface area contributed by atoms with Crippen LogP contribution in [0.4, 0.5) is 11.5 Å². The van der Waals surface area contributed by atoms with Crippen molar-refractivity contribution in [3.05, 3.63) is 113 Å². The highest BCUT2D eigenvalue weighted by atomic mass is 79.9. The van der Waals surface area contributed by atoms with Gasteiger partial charge in [0.05, 0.1) is 10.6 Å². The molecule has 1 fully saturated rings. The molecule has 5 rings (SSSR count). The van der Waals surface area contributed by atoms with Gasteiger partial charge in [-0.25, -0.2) is 4.98 Å². The summed E-state index contributed by atoms with van der Waals surface area (Å²) in [5, 5.41) is 2.94. The predicted molar refractivity (Wildman–Crippen MR) is 163 cm³/mol. The Kier molecular flexibility index (Phi) is 9.17. The number of amides is 1. The van der Waals surface area contributed by atoms with Gasteiger partial charge in [-0.05, 0) is 72.8 Å². The number of nitrogens with one attached hydrogen (secondary N) is 1. The number of carbonyl (C=O) groups excluding carboxylic acids is 1. The molecule has 0 saturated carbocycles. The van der Waals surface area contributed by atoms with Gasteiger partial charge in [-0.2, -0.15) is 8.42 Å². The molecule has 9 nitrogen and oxygen atoms in total. The van der Waals surface area contributed by atoms with E-state index in [1.165, 1.54) is 24.3 Å². The van der Waals surface area contributed by atoms with Gasteiger partial charge in [0.2, 0.25) is 0 Å². The van der Waals surface area contributed by atoms with Crippen LogP contribution in [0.25, 0.3) is 0 Å². The van der Waals surface area contributed by atoms with Crippen molar-refractivity contribution in [3.8, 4) is 5.75 Å². The van der Waals surface area contributed by atoms with Crippen LogP contribution in [-0.2, 0) is 10.0 Å². The molecule has 1 amide bonds. The fourth-order valence-electron chi connectivity index (χ4n) is 4.43. The number of hydrogen-bond acceptors (Lipinski definition) is 7. The largest absolute Gasteiger partial charge is 0.364 e. The van der Waals surface area contributed by atoms with E-state index in [1.807, 2.05) is 18.2 Å². The zero-order chi connectivity index (χ0) is 28.7. The highest BCUT2D eigenvalue weighted by molar-refractivity contribution is 9.10. The first-order valence-electron chi connectivity index (χ1n) is 13.2. The molecule has 1 aliphatic heterocycles. The monoisotopic (exact) mass is 635 g/mol. The summed E-state index contributed by atoms with van der Waals surface area (Å²) in [6, 6.07) is 27.2. The summed E-state index contributed by atoms with van der Waals surface area (Å²) in [6.07, 6.45) is 1.80. The molecular formula is C30H30BrN5O4S. The Labute approximate surface area is 248 Å². The zero-order valence-corrected chi connectivity index (χ0v) is 24.7. The molecule has 1 N–H and O–H groups in total. The van der Waals surface area contributed by atoms with Crippen LogP contribution >= 0.6 is 15.9 Å². The number of aromatic nitrogens is 1. The van der Waals surface area contributed by atoms with Crippen molar-refractivity contribution in [3.63, 3.8) is 0 Å². The van der Waals surface area contributed by atoms with Crippen LogP contribution in [0.5, 0.6) is 5.75 Å². The Hall–Kier alpha value is -3.93. The molecule has 0 atom stereocenters. The van der Waals surface area contributed by atoms with Gasteiger partial charge in [-0.3, -0.25) is 9.69 Å². The number of piperazine rings is 1. The molecule has 0 unspecified atom stereocenters. The maximum Gasteiger partial charge on any atom is 0.295 e. The van der Waals surface area contributed by atoms with E-state index < -0.39 is 10.0 Å². The van der Waals surface area contributed by atoms with Crippen LogP contribution < -0.4 is 19.5 Å². The van der Waals surface area contributed by atoms with Gasteiger partial charge in [0.25, 0.3) is 15.9 Å². The molecule has 41 heavy (non-hydrogen) atoms. The van der Waals surface area contributed by atoms with Crippen molar-refractivity contribution in [1.82, 2.24) is 15.2 Å². The van der Waals surface area contributed by atoms with Crippen LogP contribution in [0.1, 0.15) is 10.4 Å². The minimum atomic E-state index is -4.11. The Morgan fingerprint density at radius 2 is 1.56 bits per heavy atom. The number of pyridine rings is 1. The summed E-state index contributed by atoms with van der Waals surface area (Å²) in [5.74, 6) is 1.08. The number of halogens is 1. The van der Waals surface area contributed by atoms with Crippen LogP contribution in [0.15, 0.2) is 113 Å². The second-order valence-electron chi connectivity index (χ2n) is 9.41. The van der Waals surface area contributed by atoms with Crippen LogP contribution in [-0.4, -0.2) is 63.5 Å². The fraction of sp³-hybridized carbons (Fsp3) is 0.200. The lowest BCUT2D eigenvalue weighted by Gasteiger charge is -2.35. The lowest BCUT2D eigenvalue weighted by Crippen LogP contribution is -2.48. The SMILES string of the molecule is O=C(NCCN1CCN(c2ccccn2)CC1)c1ccc(S(=O)(=O)N(Oc2ccc(Br)cc2)c2ccccc2)cc1. The third-order valence-corrected chi connectivity index (χ3v) is 8.78. The number of sulfonamides is 1. The number of anilines is 2. The normalized spacial score (nSPS) is 13.9. The lowest BCUT2D eigenvalue weighted by molar-refractivity contribution is 0.0947. The quantitative estimate of drug-likeness (QED) is 0.255. The van der Waals surface area contributed by atoms with Gasteiger partial charge in [0.1, 0.15) is 5.82 Å². The van der Waals surface area contributed by atoms with Gasteiger partial charge in [-0.15, -0.1) is 0 Å².